The van der Waals surface area contributed by atoms with Gasteiger partial charge in [-0.05, 0) is 30.4 Å². The molecule has 0 aliphatic heterocycles. The monoisotopic (exact) mass is 179 g/mol. The average Bonchev–Trinajstić information content (AvgIpc) is 2.17. The Labute approximate surface area is 77.1 Å². The predicted molar refractivity (Wildman–Crippen MR) is 47.7 cm³/mol. The maximum absolute atomic E-state index is 8.89. The highest BCUT2D eigenvalue weighted by molar-refractivity contribution is 5.30. The van der Waals surface area contributed by atoms with Gasteiger partial charge in [-0.15, -0.1) is 0 Å². The minimum Gasteiger partial charge on any atom is -0.289 e. The molecule has 0 saturated heterocycles. The maximum atomic E-state index is 8.89. The standard InChI is InChI=1S/C10H13NO2/c12-11(13)10-6-5-8-3-1-2-4-9(8)7-10/h1-4,10,12-13H,5-7H2. The quantitative estimate of drug-likeness (QED) is 0.644. The summed E-state index contributed by atoms with van der Waals surface area (Å²) in [5.74, 6) is 0. The van der Waals surface area contributed by atoms with Crippen molar-refractivity contribution in [1.82, 2.24) is 5.23 Å². The second-order valence-electron chi connectivity index (χ2n) is 3.49. The van der Waals surface area contributed by atoms with Gasteiger partial charge in [0.1, 0.15) is 0 Å². The van der Waals surface area contributed by atoms with Crippen LogP contribution in [0.15, 0.2) is 24.3 Å². The number of nitrogens with zero attached hydrogens (tertiary/aromatic N) is 1. The topological polar surface area (TPSA) is 43.7 Å². The highest BCUT2D eigenvalue weighted by Crippen LogP contribution is 2.22. The highest BCUT2D eigenvalue weighted by atomic mass is 16.8. The van der Waals surface area contributed by atoms with Gasteiger partial charge in [-0.1, -0.05) is 29.5 Å². The van der Waals surface area contributed by atoms with E-state index in [1.165, 1.54) is 11.1 Å². The van der Waals surface area contributed by atoms with Gasteiger partial charge < -0.3 is 0 Å². The molecule has 3 heteroatoms. The second-order valence-corrected chi connectivity index (χ2v) is 3.49. The fourth-order valence-corrected chi connectivity index (χ4v) is 1.88. The summed E-state index contributed by atoms with van der Waals surface area (Å²) in [6.45, 7) is 0. The first-order valence-electron chi connectivity index (χ1n) is 4.51. The summed E-state index contributed by atoms with van der Waals surface area (Å²) in [4.78, 5) is 0. The van der Waals surface area contributed by atoms with Crippen LogP contribution in [-0.2, 0) is 12.8 Å². The Bertz CT molecular complexity index is 299. The van der Waals surface area contributed by atoms with Crippen molar-refractivity contribution in [3.8, 4) is 0 Å². The molecule has 0 bridgehead atoms. The van der Waals surface area contributed by atoms with Crippen molar-refractivity contribution in [1.29, 1.82) is 0 Å². The normalized spacial score (nSPS) is 21.6. The molecule has 0 saturated carbocycles. The van der Waals surface area contributed by atoms with Crippen molar-refractivity contribution in [2.75, 3.05) is 0 Å². The molecule has 13 heavy (non-hydrogen) atoms. The third-order valence-corrected chi connectivity index (χ3v) is 2.65. The molecular formula is C10H13NO2. The number of hydroxylamine groups is 2. The van der Waals surface area contributed by atoms with Gasteiger partial charge in [-0.25, -0.2) is 0 Å². The van der Waals surface area contributed by atoms with Crippen LogP contribution >= 0.6 is 0 Å². The minimum absolute atomic E-state index is 0.144. The first-order chi connectivity index (χ1) is 6.27. The SMILES string of the molecule is ON(O)C1CCc2ccccc2C1. The van der Waals surface area contributed by atoms with Gasteiger partial charge in [-0.3, -0.25) is 10.4 Å². The summed E-state index contributed by atoms with van der Waals surface area (Å²) in [6.07, 6.45) is 2.46. The van der Waals surface area contributed by atoms with E-state index in [1.54, 1.807) is 0 Å². The van der Waals surface area contributed by atoms with Crippen LogP contribution in [0, 0.1) is 0 Å². The van der Waals surface area contributed by atoms with Gasteiger partial charge in [0.25, 0.3) is 0 Å². The Balaban J connectivity index is 2.20. The van der Waals surface area contributed by atoms with Gasteiger partial charge in [0.2, 0.25) is 0 Å². The van der Waals surface area contributed by atoms with E-state index in [0.29, 0.717) is 5.23 Å². The number of hydrogen-bond acceptors (Lipinski definition) is 3. The van der Waals surface area contributed by atoms with E-state index in [2.05, 4.69) is 6.07 Å². The summed E-state index contributed by atoms with van der Waals surface area (Å²) < 4.78 is 0. The Morgan fingerprint density at radius 3 is 2.54 bits per heavy atom. The maximum Gasteiger partial charge on any atom is 0.0667 e. The molecule has 1 atom stereocenters. The molecule has 1 aromatic carbocycles. The van der Waals surface area contributed by atoms with Crippen LogP contribution in [0.1, 0.15) is 17.5 Å². The van der Waals surface area contributed by atoms with Crippen LogP contribution in [-0.4, -0.2) is 21.7 Å². The van der Waals surface area contributed by atoms with Gasteiger partial charge in [-0.2, -0.15) is 0 Å². The summed E-state index contributed by atoms with van der Waals surface area (Å²) in [6, 6.07) is 8.01. The van der Waals surface area contributed by atoms with Crippen LogP contribution in [0.4, 0.5) is 0 Å². The molecule has 1 aliphatic rings. The van der Waals surface area contributed by atoms with E-state index in [9.17, 15) is 0 Å². The number of hydrogen-bond donors (Lipinski definition) is 2. The van der Waals surface area contributed by atoms with Crippen molar-refractivity contribution < 1.29 is 10.4 Å². The lowest BCUT2D eigenvalue weighted by atomic mass is 9.89. The zero-order valence-electron chi connectivity index (χ0n) is 7.35. The fourth-order valence-electron chi connectivity index (χ4n) is 1.88. The average molecular weight is 179 g/mol. The zero-order valence-corrected chi connectivity index (χ0v) is 7.35. The van der Waals surface area contributed by atoms with E-state index in [1.807, 2.05) is 18.2 Å². The van der Waals surface area contributed by atoms with Crippen molar-refractivity contribution in [3.63, 3.8) is 0 Å². The molecular weight excluding hydrogens is 166 g/mol. The molecule has 2 N–H and O–H groups in total. The molecule has 2 rings (SSSR count). The van der Waals surface area contributed by atoms with Crippen molar-refractivity contribution in [3.05, 3.63) is 35.4 Å². The molecule has 1 aromatic rings. The van der Waals surface area contributed by atoms with Crippen molar-refractivity contribution >= 4 is 0 Å². The molecule has 0 amide bonds. The lowest BCUT2D eigenvalue weighted by Gasteiger charge is -2.26. The molecule has 0 spiro atoms. The number of aryl methyl sites for hydroxylation is 1. The Morgan fingerprint density at radius 2 is 1.85 bits per heavy atom. The second kappa shape index (κ2) is 3.46. The molecule has 3 nitrogen and oxygen atoms in total. The molecule has 70 valence electrons. The molecule has 0 heterocycles. The number of benzene rings is 1. The van der Waals surface area contributed by atoms with Crippen LogP contribution < -0.4 is 0 Å². The van der Waals surface area contributed by atoms with E-state index in [-0.39, 0.29) is 6.04 Å². The number of rotatable bonds is 1. The molecule has 1 aliphatic carbocycles. The van der Waals surface area contributed by atoms with Crippen molar-refractivity contribution in [2.24, 2.45) is 0 Å². The fraction of sp³-hybridized carbons (Fsp3) is 0.400. The molecule has 0 radical (unpaired) electrons. The Morgan fingerprint density at radius 1 is 1.15 bits per heavy atom. The lowest BCUT2D eigenvalue weighted by molar-refractivity contribution is -0.332. The van der Waals surface area contributed by atoms with E-state index in [0.717, 1.165) is 19.3 Å². The molecule has 0 fully saturated rings. The van der Waals surface area contributed by atoms with E-state index < -0.39 is 0 Å². The first-order valence-corrected chi connectivity index (χ1v) is 4.51. The van der Waals surface area contributed by atoms with Gasteiger partial charge in [0.05, 0.1) is 6.04 Å². The van der Waals surface area contributed by atoms with Crippen LogP contribution in [0.5, 0.6) is 0 Å². The van der Waals surface area contributed by atoms with Crippen LogP contribution in [0.25, 0.3) is 0 Å². The summed E-state index contributed by atoms with van der Waals surface area (Å²) in [5.41, 5.74) is 2.56. The third-order valence-electron chi connectivity index (χ3n) is 2.65. The summed E-state index contributed by atoms with van der Waals surface area (Å²) >= 11 is 0. The zero-order chi connectivity index (χ0) is 9.26. The summed E-state index contributed by atoms with van der Waals surface area (Å²) in [5, 5.41) is 18.1. The third kappa shape index (κ3) is 1.72. The lowest BCUT2D eigenvalue weighted by Crippen LogP contribution is -2.34. The van der Waals surface area contributed by atoms with Gasteiger partial charge >= 0.3 is 0 Å². The molecule has 0 aromatic heterocycles. The predicted octanol–water partition coefficient (Wildman–Crippen LogP) is 1.62. The van der Waals surface area contributed by atoms with E-state index >= 15 is 0 Å². The van der Waals surface area contributed by atoms with Crippen molar-refractivity contribution in [2.45, 2.75) is 25.3 Å². The minimum atomic E-state index is -0.144. The Hall–Kier alpha value is -0.900. The number of fused-ring (bicyclic) bond motifs is 1. The highest BCUT2D eigenvalue weighted by Gasteiger charge is 2.21. The van der Waals surface area contributed by atoms with Crippen LogP contribution in [0.3, 0.4) is 0 Å². The smallest absolute Gasteiger partial charge is 0.0667 e. The Kier molecular flexibility index (Phi) is 2.31. The molecule has 1 unspecified atom stereocenters. The van der Waals surface area contributed by atoms with Crippen LogP contribution in [0.2, 0.25) is 0 Å². The largest absolute Gasteiger partial charge is 0.289 e. The first kappa shape index (κ1) is 8.69. The summed E-state index contributed by atoms with van der Waals surface area (Å²) in [7, 11) is 0. The van der Waals surface area contributed by atoms with Gasteiger partial charge in [0.15, 0.2) is 0 Å². The van der Waals surface area contributed by atoms with E-state index in [4.69, 9.17) is 10.4 Å². The van der Waals surface area contributed by atoms with Gasteiger partial charge in [0, 0.05) is 0 Å².